The predicted molar refractivity (Wildman–Crippen MR) is 69.4 cm³/mol. The minimum atomic E-state index is -1.58. The van der Waals surface area contributed by atoms with Gasteiger partial charge in [0.2, 0.25) is 0 Å². The SMILES string of the molecule is O=C(Nc1cc(C(=O)O)c(F)cc1F)c1ccc(O)cc1. The Kier molecular flexibility index (Phi) is 3.84. The van der Waals surface area contributed by atoms with E-state index in [2.05, 4.69) is 5.32 Å². The molecule has 2 aromatic carbocycles. The number of carboxylic acid groups (broad SMARTS) is 1. The summed E-state index contributed by atoms with van der Waals surface area (Å²) < 4.78 is 26.8. The van der Waals surface area contributed by atoms with Gasteiger partial charge in [0.1, 0.15) is 17.4 Å². The molecule has 0 aliphatic heterocycles. The Balaban J connectivity index is 2.30. The van der Waals surface area contributed by atoms with E-state index >= 15 is 0 Å². The van der Waals surface area contributed by atoms with Crippen molar-refractivity contribution >= 4 is 17.6 Å². The van der Waals surface area contributed by atoms with Crippen LogP contribution in [0.1, 0.15) is 20.7 Å². The first-order valence-corrected chi connectivity index (χ1v) is 5.71. The van der Waals surface area contributed by atoms with E-state index in [9.17, 15) is 18.4 Å². The smallest absolute Gasteiger partial charge is 0.338 e. The zero-order valence-corrected chi connectivity index (χ0v) is 10.4. The number of halogens is 2. The molecule has 2 aromatic rings. The number of nitrogens with one attached hydrogen (secondary N) is 1. The second-order valence-corrected chi connectivity index (χ2v) is 4.12. The molecular weight excluding hydrogens is 284 g/mol. The number of anilines is 1. The third-order valence-electron chi connectivity index (χ3n) is 2.66. The van der Waals surface area contributed by atoms with Gasteiger partial charge in [-0.3, -0.25) is 4.79 Å². The quantitative estimate of drug-likeness (QED) is 0.812. The van der Waals surface area contributed by atoms with Crippen LogP contribution in [0, 0.1) is 11.6 Å². The van der Waals surface area contributed by atoms with Crippen molar-refractivity contribution < 1.29 is 28.6 Å². The molecule has 108 valence electrons. The Bertz CT molecular complexity index is 714. The van der Waals surface area contributed by atoms with Crippen molar-refractivity contribution in [1.29, 1.82) is 0 Å². The summed E-state index contributed by atoms with van der Waals surface area (Å²) in [4.78, 5) is 22.6. The number of hydrogen-bond acceptors (Lipinski definition) is 3. The maximum Gasteiger partial charge on any atom is 0.338 e. The molecule has 21 heavy (non-hydrogen) atoms. The first-order chi connectivity index (χ1) is 9.88. The van der Waals surface area contributed by atoms with Crippen molar-refractivity contribution in [2.75, 3.05) is 5.32 Å². The zero-order valence-electron chi connectivity index (χ0n) is 10.4. The molecule has 0 radical (unpaired) electrons. The molecule has 7 heteroatoms. The maximum atomic E-state index is 13.5. The second-order valence-electron chi connectivity index (χ2n) is 4.12. The molecule has 0 unspecified atom stereocenters. The van der Waals surface area contributed by atoms with Crippen LogP contribution in [0.25, 0.3) is 0 Å². The van der Waals surface area contributed by atoms with Gasteiger partial charge in [0.25, 0.3) is 5.91 Å². The summed E-state index contributed by atoms with van der Waals surface area (Å²) in [5.74, 6) is -4.68. The lowest BCUT2D eigenvalue weighted by Crippen LogP contribution is -2.14. The molecule has 0 saturated carbocycles. The zero-order chi connectivity index (χ0) is 15.6. The van der Waals surface area contributed by atoms with Gasteiger partial charge in [-0.05, 0) is 30.3 Å². The van der Waals surface area contributed by atoms with Crippen LogP contribution >= 0.6 is 0 Å². The third-order valence-corrected chi connectivity index (χ3v) is 2.66. The van der Waals surface area contributed by atoms with E-state index in [0.717, 1.165) is 0 Å². The minimum absolute atomic E-state index is 0.0484. The molecular formula is C14H9F2NO4. The van der Waals surface area contributed by atoms with Gasteiger partial charge in [0.05, 0.1) is 11.3 Å². The van der Waals surface area contributed by atoms with Crippen LogP contribution < -0.4 is 5.32 Å². The largest absolute Gasteiger partial charge is 0.508 e. The Morgan fingerprint density at radius 3 is 2.19 bits per heavy atom. The molecule has 0 aromatic heterocycles. The van der Waals surface area contributed by atoms with Crippen molar-refractivity contribution in [3.8, 4) is 5.75 Å². The number of phenols is 1. The van der Waals surface area contributed by atoms with Gasteiger partial charge in [0, 0.05) is 11.6 Å². The number of carbonyl (C=O) groups is 2. The van der Waals surface area contributed by atoms with E-state index in [1.165, 1.54) is 24.3 Å². The number of phenolic OH excluding ortho intramolecular Hbond substituents is 1. The summed E-state index contributed by atoms with van der Waals surface area (Å²) in [6, 6.07) is 6.20. The highest BCUT2D eigenvalue weighted by Crippen LogP contribution is 2.21. The van der Waals surface area contributed by atoms with Crippen LogP contribution in [0.3, 0.4) is 0 Å². The van der Waals surface area contributed by atoms with Gasteiger partial charge in [-0.15, -0.1) is 0 Å². The molecule has 0 heterocycles. The fraction of sp³-hybridized carbons (Fsp3) is 0. The summed E-state index contributed by atoms with van der Waals surface area (Å²) in [5.41, 5.74) is -1.09. The van der Waals surface area contributed by atoms with Gasteiger partial charge >= 0.3 is 5.97 Å². The normalized spacial score (nSPS) is 10.2. The second kappa shape index (κ2) is 5.58. The molecule has 0 atom stereocenters. The average molecular weight is 293 g/mol. The standard InChI is InChI=1S/C14H9F2NO4/c15-10-6-11(16)12(5-9(10)14(20)21)17-13(19)7-1-3-8(18)4-2-7/h1-6,18H,(H,17,19)(H,20,21). The Morgan fingerprint density at radius 1 is 1.00 bits per heavy atom. The summed E-state index contributed by atoms with van der Waals surface area (Å²) >= 11 is 0. The van der Waals surface area contributed by atoms with Gasteiger partial charge in [0.15, 0.2) is 0 Å². The van der Waals surface area contributed by atoms with Crippen molar-refractivity contribution in [1.82, 2.24) is 0 Å². The van der Waals surface area contributed by atoms with Crippen molar-refractivity contribution in [2.45, 2.75) is 0 Å². The Hall–Kier alpha value is -2.96. The monoisotopic (exact) mass is 293 g/mol. The average Bonchev–Trinajstić information content (AvgIpc) is 2.42. The summed E-state index contributed by atoms with van der Waals surface area (Å²) in [6.45, 7) is 0. The lowest BCUT2D eigenvalue weighted by Gasteiger charge is -2.08. The maximum absolute atomic E-state index is 13.5. The van der Waals surface area contributed by atoms with Gasteiger partial charge in [-0.2, -0.15) is 0 Å². The highest BCUT2D eigenvalue weighted by atomic mass is 19.1. The molecule has 0 fully saturated rings. The fourth-order valence-electron chi connectivity index (χ4n) is 1.62. The Labute approximate surface area is 117 Å². The number of carboxylic acids is 1. The van der Waals surface area contributed by atoms with Gasteiger partial charge in [-0.25, -0.2) is 13.6 Å². The minimum Gasteiger partial charge on any atom is -0.508 e. The summed E-state index contributed by atoms with van der Waals surface area (Å²) in [6.07, 6.45) is 0. The highest BCUT2D eigenvalue weighted by Gasteiger charge is 2.17. The molecule has 1 amide bonds. The predicted octanol–water partition coefficient (Wildman–Crippen LogP) is 2.62. The summed E-state index contributed by atoms with van der Waals surface area (Å²) in [5, 5.41) is 20.0. The highest BCUT2D eigenvalue weighted by molar-refractivity contribution is 6.05. The molecule has 0 aliphatic rings. The number of hydrogen-bond donors (Lipinski definition) is 3. The van der Waals surface area contributed by atoms with Crippen LogP contribution in [0.15, 0.2) is 36.4 Å². The lowest BCUT2D eigenvalue weighted by molar-refractivity contribution is 0.0691. The number of rotatable bonds is 3. The first-order valence-electron chi connectivity index (χ1n) is 5.71. The van der Waals surface area contributed by atoms with Crippen molar-refractivity contribution in [2.24, 2.45) is 0 Å². The Morgan fingerprint density at radius 2 is 1.62 bits per heavy atom. The van der Waals surface area contributed by atoms with Crippen LogP contribution in [0.2, 0.25) is 0 Å². The number of carbonyl (C=O) groups excluding carboxylic acids is 1. The topological polar surface area (TPSA) is 86.6 Å². The number of benzene rings is 2. The molecule has 0 aliphatic carbocycles. The van der Waals surface area contributed by atoms with Crippen molar-refractivity contribution in [3.63, 3.8) is 0 Å². The number of aromatic hydroxyl groups is 1. The van der Waals surface area contributed by atoms with Crippen LogP contribution in [0.5, 0.6) is 5.75 Å². The van der Waals surface area contributed by atoms with E-state index < -0.39 is 34.8 Å². The molecule has 5 nitrogen and oxygen atoms in total. The van der Waals surface area contributed by atoms with E-state index in [1.807, 2.05) is 0 Å². The molecule has 0 bridgehead atoms. The van der Waals surface area contributed by atoms with Crippen LogP contribution in [0.4, 0.5) is 14.5 Å². The summed E-state index contributed by atoms with van der Waals surface area (Å²) in [7, 11) is 0. The van der Waals surface area contributed by atoms with E-state index in [4.69, 9.17) is 10.2 Å². The van der Waals surface area contributed by atoms with E-state index in [-0.39, 0.29) is 11.3 Å². The molecule has 0 spiro atoms. The van der Waals surface area contributed by atoms with Crippen molar-refractivity contribution in [3.05, 3.63) is 59.2 Å². The van der Waals surface area contributed by atoms with Gasteiger partial charge < -0.3 is 15.5 Å². The van der Waals surface area contributed by atoms with Crippen LogP contribution in [-0.4, -0.2) is 22.1 Å². The first kappa shape index (κ1) is 14.4. The third kappa shape index (κ3) is 3.14. The molecule has 2 rings (SSSR count). The molecule has 3 N–H and O–H groups in total. The van der Waals surface area contributed by atoms with E-state index in [0.29, 0.717) is 12.1 Å². The van der Waals surface area contributed by atoms with Gasteiger partial charge in [-0.1, -0.05) is 0 Å². The molecule has 0 saturated heterocycles. The number of aromatic carboxylic acids is 1. The number of amides is 1. The fourth-order valence-corrected chi connectivity index (χ4v) is 1.62. The van der Waals surface area contributed by atoms with Crippen LogP contribution in [-0.2, 0) is 0 Å². The lowest BCUT2D eigenvalue weighted by atomic mass is 10.1. The van der Waals surface area contributed by atoms with E-state index in [1.54, 1.807) is 0 Å².